The Hall–Kier alpha value is -2.47. The van der Waals surface area contributed by atoms with Crippen LogP contribution >= 0.6 is 0 Å². The van der Waals surface area contributed by atoms with Crippen LogP contribution < -0.4 is 4.18 Å². The van der Waals surface area contributed by atoms with Crippen molar-refractivity contribution in [3.63, 3.8) is 0 Å². The van der Waals surface area contributed by atoms with Crippen molar-refractivity contribution in [1.29, 1.82) is 0 Å². The summed E-state index contributed by atoms with van der Waals surface area (Å²) in [5.74, 6) is -0.114. The van der Waals surface area contributed by atoms with Gasteiger partial charge in [0.15, 0.2) is 0 Å². The van der Waals surface area contributed by atoms with Crippen molar-refractivity contribution in [2.45, 2.75) is 49.1 Å². The molecule has 1 heterocycles. The Balaban J connectivity index is 1.78. The second-order valence-electron chi connectivity index (χ2n) is 8.92. The number of carbonyl (C=O) groups is 1. The molecule has 0 aliphatic carbocycles. The number of rotatable bonds is 10. The van der Waals surface area contributed by atoms with Gasteiger partial charge in [0.05, 0.1) is 6.10 Å². The van der Waals surface area contributed by atoms with E-state index in [4.69, 9.17) is 8.92 Å². The van der Waals surface area contributed by atoms with Crippen molar-refractivity contribution in [1.82, 2.24) is 9.21 Å². The van der Waals surface area contributed by atoms with E-state index in [1.165, 1.54) is 50.5 Å². The minimum Gasteiger partial charge on any atom is -0.379 e. The molecule has 0 spiro atoms. The summed E-state index contributed by atoms with van der Waals surface area (Å²) in [6, 6.07) is 11.6. The van der Waals surface area contributed by atoms with Crippen LogP contribution in [0, 0.1) is 5.92 Å². The summed E-state index contributed by atoms with van der Waals surface area (Å²) >= 11 is 0. The molecule has 1 fully saturated rings. The lowest BCUT2D eigenvalue weighted by Crippen LogP contribution is -2.39. The van der Waals surface area contributed by atoms with Crippen LogP contribution in [0.25, 0.3) is 0 Å². The maximum atomic E-state index is 12.9. The Morgan fingerprint density at radius 1 is 1.03 bits per heavy atom. The van der Waals surface area contributed by atoms with Crippen LogP contribution in [0.1, 0.15) is 32.3 Å². The van der Waals surface area contributed by atoms with Crippen LogP contribution in [0.5, 0.6) is 5.75 Å². The van der Waals surface area contributed by atoms with Crippen LogP contribution in [-0.4, -0.2) is 65.3 Å². The zero-order valence-corrected chi connectivity index (χ0v) is 22.0. The summed E-state index contributed by atoms with van der Waals surface area (Å²) in [4.78, 5) is 13.7. The van der Waals surface area contributed by atoms with Crippen molar-refractivity contribution < 1.29 is 30.6 Å². The lowest BCUT2D eigenvalue weighted by molar-refractivity contribution is -0.136. The van der Waals surface area contributed by atoms with Gasteiger partial charge in [-0.25, -0.2) is 12.7 Å². The van der Waals surface area contributed by atoms with Gasteiger partial charge in [-0.2, -0.15) is 8.42 Å². The largest absolute Gasteiger partial charge is 0.379 e. The molecule has 1 amide bonds. The van der Waals surface area contributed by atoms with E-state index in [9.17, 15) is 21.6 Å². The van der Waals surface area contributed by atoms with Gasteiger partial charge in [0.25, 0.3) is 0 Å². The minimum absolute atomic E-state index is 0.0158. The predicted octanol–water partition coefficient (Wildman–Crippen LogP) is 2.87. The summed E-state index contributed by atoms with van der Waals surface area (Å²) < 4.78 is 62.9. The third-order valence-corrected chi connectivity index (χ3v) is 8.94. The number of amides is 1. The molecule has 1 saturated heterocycles. The fourth-order valence-corrected chi connectivity index (χ4v) is 6.34. The lowest BCUT2D eigenvalue weighted by Gasteiger charge is -2.27. The van der Waals surface area contributed by atoms with Gasteiger partial charge in [-0.05, 0) is 42.7 Å². The molecule has 1 unspecified atom stereocenters. The normalized spacial score (nSPS) is 16.6. The molecule has 1 aliphatic rings. The van der Waals surface area contributed by atoms with Gasteiger partial charge in [-0.15, -0.1) is 0 Å². The van der Waals surface area contributed by atoms with Crippen LogP contribution in [0.4, 0.5) is 0 Å². The summed E-state index contributed by atoms with van der Waals surface area (Å²) in [5, 5.41) is 0. The van der Waals surface area contributed by atoms with E-state index in [0.29, 0.717) is 19.7 Å². The summed E-state index contributed by atoms with van der Waals surface area (Å²) in [6.07, 6.45) is 1.91. The Morgan fingerprint density at radius 3 is 2.20 bits per heavy atom. The van der Waals surface area contributed by atoms with E-state index in [2.05, 4.69) is 0 Å². The molecular weight excluding hydrogens is 492 g/mol. The fraction of sp³-hybridized carbons (Fsp3) is 0.458. The highest BCUT2D eigenvalue weighted by molar-refractivity contribution is 7.91. The van der Waals surface area contributed by atoms with Crippen molar-refractivity contribution in [2.24, 2.45) is 5.92 Å². The average molecular weight is 525 g/mol. The highest BCUT2D eigenvalue weighted by Gasteiger charge is 2.29. The van der Waals surface area contributed by atoms with Gasteiger partial charge in [-0.3, -0.25) is 4.79 Å². The van der Waals surface area contributed by atoms with Gasteiger partial charge in [0.2, 0.25) is 15.9 Å². The fourth-order valence-electron chi connectivity index (χ4n) is 3.74. The first kappa shape index (κ1) is 27.1. The van der Waals surface area contributed by atoms with Crippen LogP contribution in [0.3, 0.4) is 0 Å². The molecule has 35 heavy (non-hydrogen) atoms. The molecule has 2 aromatic carbocycles. The first-order valence-corrected chi connectivity index (χ1v) is 14.2. The van der Waals surface area contributed by atoms with E-state index in [-0.39, 0.29) is 28.6 Å². The summed E-state index contributed by atoms with van der Waals surface area (Å²) in [5.41, 5.74) is 0.803. The maximum absolute atomic E-state index is 12.9. The lowest BCUT2D eigenvalue weighted by atomic mass is 10.1. The number of benzene rings is 2. The first-order valence-electron chi connectivity index (χ1n) is 11.4. The van der Waals surface area contributed by atoms with E-state index in [1.807, 2.05) is 13.8 Å². The maximum Gasteiger partial charge on any atom is 0.340 e. The Bertz CT molecular complexity index is 1230. The summed E-state index contributed by atoms with van der Waals surface area (Å²) in [7, 11) is -5.78. The Morgan fingerprint density at radius 2 is 1.66 bits per heavy atom. The molecule has 1 atom stereocenters. The van der Waals surface area contributed by atoms with Crippen LogP contribution in [0.2, 0.25) is 0 Å². The zero-order chi connectivity index (χ0) is 25.8. The molecular formula is C24H32N2O7S2. The monoisotopic (exact) mass is 524 g/mol. The van der Waals surface area contributed by atoms with Crippen molar-refractivity contribution in [2.75, 3.05) is 27.2 Å². The number of hydrogen-bond acceptors (Lipinski definition) is 7. The van der Waals surface area contributed by atoms with E-state index < -0.39 is 25.0 Å². The van der Waals surface area contributed by atoms with Crippen LogP contribution in [-0.2, 0) is 36.2 Å². The van der Waals surface area contributed by atoms with Gasteiger partial charge < -0.3 is 13.8 Å². The summed E-state index contributed by atoms with van der Waals surface area (Å²) in [6.45, 7) is 5.25. The number of ether oxygens (including phenoxy) is 1. The average Bonchev–Trinajstić information content (AvgIpc) is 3.32. The smallest absolute Gasteiger partial charge is 0.340 e. The molecule has 0 radical (unpaired) electrons. The molecule has 0 saturated carbocycles. The number of sulfonamides is 1. The standard InChI is InChI=1S/C24H32N2O7S2/c1-18(2)24(27)26(17-21-8-7-15-32-21)16-19-11-13-20(14-12-19)33-35(30,31)23-10-6-5-9-22(23)34(28,29)25(3)4/h5-6,9-14,18,21H,7-8,15-17H2,1-4H3. The third-order valence-electron chi connectivity index (χ3n) is 5.63. The van der Waals surface area contributed by atoms with Gasteiger partial charge >= 0.3 is 10.1 Å². The molecule has 0 aromatic heterocycles. The van der Waals surface area contributed by atoms with E-state index in [0.717, 1.165) is 22.7 Å². The topological polar surface area (TPSA) is 110 Å². The SMILES string of the molecule is CC(C)C(=O)N(Cc1ccc(OS(=O)(=O)c2ccccc2S(=O)(=O)N(C)C)cc1)CC1CCCO1. The van der Waals surface area contributed by atoms with Gasteiger partial charge in [0.1, 0.15) is 15.5 Å². The van der Waals surface area contributed by atoms with E-state index in [1.54, 1.807) is 17.0 Å². The number of hydrogen-bond donors (Lipinski definition) is 0. The highest BCUT2D eigenvalue weighted by Crippen LogP contribution is 2.27. The molecule has 1 aliphatic heterocycles. The molecule has 0 bridgehead atoms. The number of nitrogens with zero attached hydrogens (tertiary/aromatic N) is 2. The zero-order valence-electron chi connectivity index (χ0n) is 20.4. The minimum atomic E-state index is -4.42. The molecule has 11 heteroatoms. The molecule has 192 valence electrons. The predicted molar refractivity (Wildman–Crippen MR) is 131 cm³/mol. The van der Waals surface area contributed by atoms with Crippen molar-refractivity contribution in [3.8, 4) is 5.75 Å². The van der Waals surface area contributed by atoms with Gasteiger partial charge in [0, 0.05) is 39.7 Å². The Kier molecular flexibility index (Phi) is 8.58. The second kappa shape index (κ2) is 11.1. The molecule has 9 nitrogen and oxygen atoms in total. The molecule has 0 N–H and O–H groups in total. The molecule has 2 aromatic rings. The van der Waals surface area contributed by atoms with E-state index >= 15 is 0 Å². The highest BCUT2D eigenvalue weighted by atomic mass is 32.2. The second-order valence-corrected chi connectivity index (χ2v) is 12.6. The van der Waals surface area contributed by atoms with Gasteiger partial charge in [-0.1, -0.05) is 38.1 Å². The van der Waals surface area contributed by atoms with Crippen molar-refractivity contribution >= 4 is 26.0 Å². The quantitative estimate of drug-likeness (QED) is 0.440. The molecule has 3 rings (SSSR count). The Labute approximate surface area is 207 Å². The van der Waals surface area contributed by atoms with Crippen molar-refractivity contribution in [3.05, 3.63) is 54.1 Å². The number of carbonyl (C=O) groups excluding carboxylic acids is 1. The third kappa shape index (κ3) is 6.60. The van der Waals surface area contributed by atoms with Crippen LogP contribution in [0.15, 0.2) is 58.3 Å². The first-order chi connectivity index (χ1) is 16.4.